The highest BCUT2D eigenvalue weighted by Gasteiger charge is 2.19. The zero-order valence-corrected chi connectivity index (χ0v) is 12.2. The molecule has 112 valence electrons. The molecular weight excluding hydrogens is 272 g/mol. The molecule has 0 saturated heterocycles. The van der Waals surface area contributed by atoms with Crippen LogP contribution < -0.4 is 5.73 Å². The minimum absolute atomic E-state index is 0.00608. The number of nitrogens with two attached hydrogens (primary N) is 1. The van der Waals surface area contributed by atoms with E-state index >= 15 is 0 Å². The summed E-state index contributed by atoms with van der Waals surface area (Å²) in [4.78, 5) is 14.7. The molecule has 0 aliphatic heterocycles. The maximum Gasteiger partial charge on any atom is 0.270 e. The first-order chi connectivity index (χ1) is 9.88. The molecule has 0 bridgehead atoms. The van der Waals surface area contributed by atoms with Crippen LogP contribution in [0.25, 0.3) is 11.4 Å². The topological polar surface area (TPSA) is 108 Å². The van der Waals surface area contributed by atoms with Crippen molar-refractivity contribution >= 4 is 5.69 Å². The first kappa shape index (κ1) is 15.1. The van der Waals surface area contributed by atoms with Crippen molar-refractivity contribution in [1.29, 1.82) is 0 Å². The van der Waals surface area contributed by atoms with Gasteiger partial charge >= 0.3 is 0 Å². The number of nitrogens with zero attached hydrogens (tertiary/aromatic N) is 3. The molecule has 0 fully saturated rings. The number of benzene rings is 1. The van der Waals surface area contributed by atoms with Crippen LogP contribution in [0.4, 0.5) is 5.69 Å². The molecule has 1 atom stereocenters. The molecule has 0 saturated carbocycles. The molecular formula is C14H18N4O3. The van der Waals surface area contributed by atoms with E-state index in [2.05, 4.69) is 24.0 Å². The highest BCUT2D eigenvalue weighted by molar-refractivity contribution is 5.63. The summed E-state index contributed by atoms with van der Waals surface area (Å²) in [6.07, 6.45) is 0.732. The SMILES string of the molecule is Cc1ccc([N+](=O)[O-])cc1-c1noc([C@H](N)CC(C)C)n1. The zero-order valence-electron chi connectivity index (χ0n) is 12.2. The van der Waals surface area contributed by atoms with E-state index in [4.69, 9.17) is 10.3 Å². The summed E-state index contributed by atoms with van der Waals surface area (Å²) < 4.78 is 5.18. The van der Waals surface area contributed by atoms with E-state index in [1.165, 1.54) is 12.1 Å². The first-order valence-electron chi connectivity index (χ1n) is 6.73. The Balaban J connectivity index is 2.33. The molecule has 7 nitrogen and oxygen atoms in total. The molecule has 0 unspecified atom stereocenters. The van der Waals surface area contributed by atoms with E-state index in [0.29, 0.717) is 23.2 Å². The van der Waals surface area contributed by atoms with Crippen LogP contribution >= 0.6 is 0 Å². The molecule has 2 aromatic rings. The zero-order chi connectivity index (χ0) is 15.6. The van der Waals surface area contributed by atoms with Crippen molar-refractivity contribution in [3.05, 3.63) is 39.8 Å². The van der Waals surface area contributed by atoms with Gasteiger partial charge in [0, 0.05) is 17.7 Å². The standard InChI is InChI=1S/C14H18N4O3/c1-8(2)6-12(15)14-16-13(17-21-14)11-7-10(18(19)20)5-4-9(11)3/h4-5,7-8,12H,6,15H2,1-3H3/t12-/m1/s1. The van der Waals surface area contributed by atoms with Crippen LogP contribution in [0.1, 0.15) is 37.8 Å². The van der Waals surface area contributed by atoms with Gasteiger partial charge in [0.1, 0.15) is 0 Å². The average Bonchev–Trinajstić information content (AvgIpc) is 2.87. The van der Waals surface area contributed by atoms with Crippen LogP contribution in [0.15, 0.2) is 22.7 Å². The summed E-state index contributed by atoms with van der Waals surface area (Å²) in [5.41, 5.74) is 7.41. The van der Waals surface area contributed by atoms with Gasteiger partial charge in [0.15, 0.2) is 0 Å². The fourth-order valence-electron chi connectivity index (χ4n) is 2.07. The lowest BCUT2D eigenvalue weighted by atomic mass is 10.0. The van der Waals surface area contributed by atoms with Crippen molar-refractivity contribution in [3.8, 4) is 11.4 Å². The Morgan fingerprint density at radius 3 is 2.76 bits per heavy atom. The minimum Gasteiger partial charge on any atom is -0.337 e. The molecule has 7 heteroatoms. The maximum atomic E-state index is 10.9. The molecule has 0 amide bonds. The Kier molecular flexibility index (Phi) is 4.32. The number of hydrogen-bond acceptors (Lipinski definition) is 6. The lowest BCUT2D eigenvalue weighted by molar-refractivity contribution is -0.384. The number of non-ortho nitro benzene ring substituents is 1. The van der Waals surface area contributed by atoms with Crippen molar-refractivity contribution in [2.45, 2.75) is 33.2 Å². The van der Waals surface area contributed by atoms with Gasteiger partial charge in [-0.2, -0.15) is 4.98 Å². The molecule has 0 aliphatic rings. The van der Waals surface area contributed by atoms with Gasteiger partial charge in [0.2, 0.25) is 11.7 Å². The summed E-state index contributed by atoms with van der Waals surface area (Å²) in [5.74, 6) is 1.09. The number of nitro benzene ring substituents is 1. The Morgan fingerprint density at radius 1 is 1.43 bits per heavy atom. The van der Waals surface area contributed by atoms with Gasteiger partial charge in [-0.3, -0.25) is 10.1 Å². The van der Waals surface area contributed by atoms with Gasteiger partial charge in [-0.25, -0.2) is 0 Å². The largest absolute Gasteiger partial charge is 0.337 e. The third-order valence-corrected chi connectivity index (χ3v) is 3.16. The second kappa shape index (κ2) is 6.01. The van der Waals surface area contributed by atoms with E-state index in [1.807, 2.05) is 6.92 Å². The number of aryl methyl sites for hydroxylation is 1. The summed E-state index contributed by atoms with van der Waals surface area (Å²) in [7, 11) is 0. The van der Waals surface area contributed by atoms with Gasteiger partial charge in [-0.1, -0.05) is 25.1 Å². The normalized spacial score (nSPS) is 12.6. The fourth-order valence-corrected chi connectivity index (χ4v) is 2.07. The third kappa shape index (κ3) is 3.43. The minimum atomic E-state index is -0.450. The summed E-state index contributed by atoms with van der Waals surface area (Å²) in [6.45, 7) is 5.95. The monoisotopic (exact) mass is 290 g/mol. The van der Waals surface area contributed by atoms with Crippen molar-refractivity contribution in [3.63, 3.8) is 0 Å². The summed E-state index contributed by atoms with van der Waals surface area (Å²) >= 11 is 0. The van der Waals surface area contributed by atoms with Gasteiger partial charge in [0.05, 0.1) is 11.0 Å². The van der Waals surface area contributed by atoms with Gasteiger partial charge in [0.25, 0.3) is 5.69 Å². The second-order valence-corrected chi connectivity index (χ2v) is 5.45. The molecule has 2 N–H and O–H groups in total. The number of aromatic nitrogens is 2. The molecule has 0 aliphatic carbocycles. The van der Waals surface area contributed by atoms with Gasteiger partial charge < -0.3 is 10.3 Å². The van der Waals surface area contributed by atoms with Crippen molar-refractivity contribution < 1.29 is 9.45 Å². The van der Waals surface area contributed by atoms with Crippen LogP contribution in [0, 0.1) is 23.0 Å². The number of hydrogen-bond donors (Lipinski definition) is 1. The molecule has 1 aromatic heterocycles. The molecule has 0 spiro atoms. The lowest BCUT2D eigenvalue weighted by Gasteiger charge is -2.08. The van der Waals surface area contributed by atoms with E-state index in [1.54, 1.807) is 6.07 Å². The lowest BCUT2D eigenvalue weighted by Crippen LogP contribution is -2.13. The van der Waals surface area contributed by atoms with E-state index in [9.17, 15) is 10.1 Å². The predicted octanol–water partition coefficient (Wildman–Crippen LogP) is 3.00. The van der Waals surface area contributed by atoms with Crippen molar-refractivity contribution in [1.82, 2.24) is 10.1 Å². The highest BCUT2D eigenvalue weighted by Crippen LogP contribution is 2.27. The molecule has 21 heavy (non-hydrogen) atoms. The molecule has 2 rings (SSSR count). The van der Waals surface area contributed by atoms with E-state index in [-0.39, 0.29) is 11.7 Å². The van der Waals surface area contributed by atoms with Crippen molar-refractivity contribution in [2.24, 2.45) is 11.7 Å². The summed E-state index contributed by atoms with van der Waals surface area (Å²) in [6, 6.07) is 4.23. The summed E-state index contributed by atoms with van der Waals surface area (Å²) in [5, 5.41) is 14.7. The molecule has 1 heterocycles. The Hall–Kier alpha value is -2.28. The average molecular weight is 290 g/mol. The van der Waals surface area contributed by atoms with Crippen LogP contribution in [0.2, 0.25) is 0 Å². The van der Waals surface area contributed by atoms with Gasteiger partial charge in [-0.15, -0.1) is 0 Å². The van der Waals surface area contributed by atoms with E-state index < -0.39 is 4.92 Å². The Morgan fingerprint density at radius 2 is 2.14 bits per heavy atom. The van der Waals surface area contributed by atoms with Crippen LogP contribution in [0.3, 0.4) is 0 Å². The second-order valence-electron chi connectivity index (χ2n) is 5.45. The highest BCUT2D eigenvalue weighted by atomic mass is 16.6. The molecule has 1 aromatic carbocycles. The first-order valence-corrected chi connectivity index (χ1v) is 6.73. The van der Waals surface area contributed by atoms with E-state index in [0.717, 1.165) is 12.0 Å². The van der Waals surface area contributed by atoms with Crippen LogP contribution in [-0.2, 0) is 0 Å². The van der Waals surface area contributed by atoms with Crippen LogP contribution in [0.5, 0.6) is 0 Å². The Bertz CT molecular complexity index is 651. The smallest absolute Gasteiger partial charge is 0.270 e. The maximum absolute atomic E-state index is 10.9. The molecule has 0 radical (unpaired) electrons. The Labute approximate surface area is 122 Å². The van der Waals surface area contributed by atoms with Crippen molar-refractivity contribution in [2.75, 3.05) is 0 Å². The van der Waals surface area contributed by atoms with Gasteiger partial charge in [-0.05, 0) is 24.8 Å². The quantitative estimate of drug-likeness (QED) is 0.669. The number of nitro groups is 1. The third-order valence-electron chi connectivity index (χ3n) is 3.16. The van der Waals surface area contributed by atoms with Crippen LogP contribution in [-0.4, -0.2) is 15.1 Å². The fraction of sp³-hybridized carbons (Fsp3) is 0.429. The number of rotatable bonds is 5. The predicted molar refractivity (Wildman–Crippen MR) is 77.5 cm³/mol.